The van der Waals surface area contributed by atoms with Gasteiger partial charge in [-0.05, 0) is 24.3 Å². The highest BCUT2D eigenvalue weighted by Gasteiger charge is 2.16. The number of hydrogen-bond donors (Lipinski definition) is 1. The smallest absolute Gasteiger partial charge is 0.307 e. The van der Waals surface area contributed by atoms with E-state index in [1.54, 1.807) is 7.05 Å². The summed E-state index contributed by atoms with van der Waals surface area (Å²) in [5, 5.41) is 12.4. The van der Waals surface area contributed by atoms with Crippen LogP contribution >= 0.6 is 27.3 Å². The lowest BCUT2D eigenvalue weighted by Crippen LogP contribution is -2.31. The van der Waals surface area contributed by atoms with Crippen molar-refractivity contribution in [1.29, 1.82) is 0 Å². The Morgan fingerprint density at radius 1 is 1.09 bits per heavy atom. The molecule has 1 N–H and O–H groups in total. The van der Waals surface area contributed by atoms with Crippen molar-refractivity contribution in [3.05, 3.63) is 59.1 Å². The standard InChI is InChI=1S/C16H13BrN4OS/c1-21(15(22)18-13-5-3-2-4-6-13)16-20-19-14(23-16)11-7-9-12(17)10-8-11/h2-10H,1H3,(H,18,22). The predicted molar refractivity (Wildman–Crippen MR) is 96.9 cm³/mol. The van der Waals surface area contributed by atoms with Crippen molar-refractivity contribution in [2.45, 2.75) is 0 Å². The third kappa shape index (κ3) is 3.75. The normalized spacial score (nSPS) is 10.3. The van der Waals surface area contributed by atoms with E-state index in [9.17, 15) is 4.79 Å². The number of nitrogens with one attached hydrogen (secondary N) is 1. The van der Waals surface area contributed by atoms with Crippen LogP contribution in [0.5, 0.6) is 0 Å². The Balaban J connectivity index is 1.74. The third-order valence-electron chi connectivity index (χ3n) is 3.12. The van der Waals surface area contributed by atoms with Gasteiger partial charge in [0.1, 0.15) is 5.01 Å². The van der Waals surface area contributed by atoms with E-state index in [1.165, 1.54) is 16.2 Å². The molecular formula is C16H13BrN4OS. The summed E-state index contributed by atoms with van der Waals surface area (Å²) < 4.78 is 1.00. The number of para-hydroxylation sites is 1. The van der Waals surface area contributed by atoms with Gasteiger partial charge in [-0.1, -0.05) is 57.6 Å². The zero-order valence-electron chi connectivity index (χ0n) is 12.2. The van der Waals surface area contributed by atoms with Gasteiger partial charge in [0.05, 0.1) is 0 Å². The quantitative estimate of drug-likeness (QED) is 0.710. The second-order valence-corrected chi connectivity index (χ2v) is 6.62. The van der Waals surface area contributed by atoms with E-state index in [4.69, 9.17) is 0 Å². The largest absolute Gasteiger partial charge is 0.327 e. The summed E-state index contributed by atoms with van der Waals surface area (Å²) >= 11 is 4.77. The average molecular weight is 389 g/mol. The molecule has 3 rings (SSSR count). The molecule has 0 bridgehead atoms. The van der Waals surface area contributed by atoms with E-state index < -0.39 is 0 Å². The maximum Gasteiger partial charge on any atom is 0.327 e. The molecule has 116 valence electrons. The highest BCUT2D eigenvalue weighted by Crippen LogP contribution is 2.29. The van der Waals surface area contributed by atoms with Gasteiger partial charge in [0.25, 0.3) is 0 Å². The molecule has 1 heterocycles. The topological polar surface area (TPSA) is 58.1 Å². The first-order valence-corrected chi connectivity index (χ1v) is 8.43. The van der Waals surface area contributed by atoms with Gasteiger partial charge in [0.2, 0.25) is 5.13 Å². The molecule has 0 aliphatic carbocycles. The van der Waals surface area contributed by atoms with Crippen molar-refractivity contribution in [2.75, 3.05) is 17.3 Å². The molecule has 7 heteroatoms. The number of rotatable bonds is 3. The molecule has 0 spiro atoms. The van der Waals surface area contributed by atoms with E-state index in [2.05, 4.69) is 31.4 Å². The molecule has 5 nitrogen and oxygen atoms in total. The zero-order chi connectivity index (χ0) is 16.2. The first-order valence-electron chi connectivity index (χ1n) is 6.83. The van der Waals surface area contributed by atoms with Crippen LogP contribution in [-0.2, 0) is 0 Å². The van der Waals surface area contributed by atoms with Gasteiger partial charge < -0.3 is 5.32 Å². The van der Waals surface area contributed by atoms with Crippen molar-refractivity contribution in [3.8, 4) is 10.6 Å². The number of benzene rings is 2. The number of carbonyl (C=O) groups is 1. The number of halogens is 1. The Labute approximate surface area is 146 Å². The Morgan fingerprint density at radius 3 is 2.48 bits per heavy atom. The first-order chi connectivity index (χ1) is 11.1. The number of urea groups is 1. The summed E-state index contributed by atoms with van der Waals surface area (Å²) in [6, 6.07) is 16.8. The fraction of sp³-hybridized carbons (Fsp3) is 0.0625. The number of amides is 2. The molecular weight excluding hydrogens is 376 g/mol. The number of nitrogens with zero attached hydrogens (tertiary/aromatic N) is 3. The van der Waals surface area contributed by atoms with Crippen LogP contribution in [0.15, 0.2) is 59.1 Å². The molecule has 0 radical (unpaired) electrons. The van der Waals surface area contributed by atoms with Gasteiger partial charge in [0.15, 0.2) is 0 Å². The van der Waals surface area contributed by atoms with Gasteiger partial charge in [0, 0.05) is 22.8 Å². The molecule has 0 atom stereocenters. The monoisotopic (exact) mass is 388 g/mol. The minimum atomic E-state index is -0.255. The minimum absolute atomic E-state index is 0.255. The van der Waals surface area contributed by atoms with Gasteiger partial charge in [-0.15, -0.1) is 10.2 Å². The molecule has 0 fully saturated rings. The molecule has 2 amide bonds. The van der Waals surface area contributed by atoms with E-state index >= 15 is 0 Å². The lowest BCUT2D eigenvalue weighted by molar-refractivity contribution is 0.258. The number of hydrogen-bond acceptors (Lipinski definition) is 4. The van der Waals surface area contributed by atoms with Crippen LogP contribution in [-0.4, -0.2) is 23.3 Å². The Bertz CT molecular complexity index is 804. The summed E-state index contributed by atoms with van der Waals surface area (Å²) in [4.78, 5) is 13.7. The van der Waals surface area contributed by atoms with Crippen LogP contribution in [0.1, 0.15) is 0 Å². The maximum absolute atomic E-state index is 12.3. The summed E-state index contributed by atoms with van der Waals surface area (Å²) in [5.41, 5.74) is 1.70. The summed E-state index contributed by atoms with van der Waals surface area (Å²) in [5.74, 6) is 0. The zero-order valence-corrected chi connectivity index (χ0v) is 14.6. The second kappa shape index (κ2) is 6.89. The summed E-state index contributed by atoms with van der Waals surface area (Å²) in [7, 11) is 1.67. The molecule has 0 aliphatic rings. The third-order valence-corrected chi connectivity index (χ3v) is 4.70. The lowest BCUT2D eigenvalue weighted by atomic mass is 10.2. The van der Waals surface area contributed by atoms with Gasteiger partial charge in [-0.25, -0.2) is 4.79 Å². The molecule has 0 aliphatic heterocycles. The number of carbonyl (C=O) groups excluding carboxylic acids is 1. The molecule has 0 unspecified atom stereocenters. The van der Waals surface area contributed by atoms with Crippen molar-refractivity contribution in [3.63, 3.8) is 0 Å². The fourth-order valence-electron chi connectivity index (χ4n) is 1.88. The molecule has 0 saturated carbocycles. The molecule has 2 aromatic carbocycles. The van der Waals surface area contributed by atoms with Crippen LogP contribution in [0.4, 0.5) is 15.6 Å². The van der Waals surface area contributed by atoms with Crippen LogP contribution in [0.3, 0.4) is 0 Å². The van der Waals surface area contributed by atoms with Gasteiger partial charge >= 0.3 is 6.03 Å². The molecule has 23 heavy (non-hydrogen) atoms. The highest BCUT2D eigenvalue weighted by molar-refractivity contribution is 9.10. The Hall–Kier alpha value is -2.25. The number of anilines is 2. The fourth-order valence-corrected chi connectivity index (χ4v) is 2.95. The Kier molecular flexibility index (Phi) is 4.68. The predicted octanol–water partition coefficient (Wildman–Crippen LogP) is 4.64. The van der Waals surface area contributed by atoms with Crippen LogP contribution in [0.2, 0.25) is 0 Å². The van der Waals surface area contributed by atoms with Gasteiger partial charge in [-0.3, -0.25) is 4.90 Å². The van der Waals surface area contributed by atoms with Crippen molar-refractivity contribution in [1.82, 2.24) is 10.2 Å². The van der Waals surface area contributed by atoms with Crippen LogP contribution in [0.25, 0.3) is 10.6 Å². The van der Waals surface area contributed by atoms with E-state index in [0.717, 1.165) is 20.7 Å². The SMILES string of the molecule is CN(C(=O)Nc1ccccc1)c1nnc(-c2ccc(Br)cc2)s1. The summed E-state index contributed by atoms with van der Waals surface area (Å²) in [6.07, 6.45) is 0. The van der Waals surface area contributed by atoms with Crippen LogP contribution < -0.4 is 10.2 Å². The van der Waals surface area contributed by atoms with Crippen molar-refractivity contribution in [2.24, 2.45) is 0 Å². The van der Waals surface area contributed by atoms with Gasteiger partial charge in [-0.2, -0.15) is 0 Å². The van der Waals surface area contributed by atoms with Crippen LogP contribution in [0, 0.1) is 0 Å². The highest BCUT2D eigenvalue weighted by atomic mass is 79.9. The maximum atomic E-state index is 12.3. The average Bonchev–Trinajstić information content (AvgIpc) is 3.05. The lowest BCUT2D eigenvalue weighted by Gasteiger charge is -2.14. The summed E-state index contributed by atoms with van der Waals surface area (Å²) in [6.45, 7) is 0. The van der Waals surface area contributed by atoms with Crippen molar-refractivity contribution >= 4 is 44.1 Å². The molecule has 0 saturated heterocycles. The number of aromatic nitrogens is 2. The van der Waals surface area contributed by atoms with E-state index in [-0.39, 0.29) is 6.03 Å². The van der Waals surface area contributed by atoms with E-state index in [1.807, 2.05) is 54.6 Å². The van der Waals surface area contributed by atoms with E-state index in [0.29, 0.717) is 5.13 Å². The second-order valence-electron chi connectivity index (χ2n) is 4.75. The molecule has 1 aromatic heterocycles. The van der Waals surface area contributed by atoms with Crippen molar-refractivity contribution < 1.29 is 4.79 Å². The first kappa shape index (κ1) is 15.6. The minimum Gasteiger partial charge on any atom is -0.307 e. The molecule has 3 aromatic rings. The Morgan fingerprint density at radius 2 is 1.78 bits per heavy atom.